The Morgan fingerprint density at radius 1 is 0.815 bits per heavy atom. The zero-order valence-electron chi connectivity index (χ0n) is 14.9. The summed E-state index contributed by atoms with van der Waals surface area (Å²) >= 11 is 0. The smallest absolute Gasteiger partial charge is 0.210 e. The van der Waals surface area contributed by atoms with Crippen molar-refractivity contribution in [2.45, 2.75) is 29.8 Å². The van der Waals surface area contributed by atoms with E-state index < -0.39 is 21.3 Å². The number of phenols is 2. The first-order valence-electron chi connectivity index (χ1n) is 8.50. The summed E-state index contributed by atoms with van der Waals surface area (Å²) in [6, 6.07) is 18.9. The van der Waals surface area contributed by atoms with Gasteiger partial charge >= 0.3 is 0 Å². The molecule has 0 unspecified atom stereocenters. The van der Waals surface area contributed by atoms with Gasteiger partial charge in [-0.2, -0.15) is 0 Å². The van der Waals surface area contributed by atoms with Crippen molar-refractivity contribution in [1.82, 2.24) is 5.32 Å². The summed E-state index contributed by atoms with van der Waals surface area (Å²) in [7, 11) is -3.92. The third-order valence-electron chi connectivity index (χ3n) is 4.31. The zero-order valence-corrected chi connectivity index (χ0v) is 15.7. The van der Waals surface area contributed by atoms with Gasteiger partial charge in [-0.15, -0.1) is 0 Å². The molecule has 0 saturated heterocycles. The van der Waals surface area contributed by atoms with Gasteiger partial charge in [0.15, 0.2) is 11.5 Å². The first-order chi connectivity index (χ1) is 12.9. The Morgan fingerprint density at radius 3 is 2.15 bits per heavy atom. The molecule has 0 aliphatic rings. The van der Waals surface area contributed by atoms with Crippen LogP contribution >= 0.6 is 0 Å². The number of phenolic OH excluding ortho intramolecular Hbond substituents is 2. The van der Waals surface area contributed by atoms with E-state index in [1.54, 1.807) is 12.1 Å². The minimum atomic E-state index is -3.92. The van der Waals surface area contributed by atoms with Crippen molar-refractivity contribution in [2.75, 3.05) is 0 Å². The molecule has 0 spiro atoms. The largest absolute Gasteiger partial charge is 0.504 e. The minimum absolute atomic E-state index is 0.0674. The van der Waals surface area contributed by atoms with E-state index in [0.29, 0.717) is 18.7 Å². The van der Waals surface area contributed by atoms with Crippen LogP contribution < -0.4 is 5.32 Å². The van der Waals surface area contributed by atoms with Gasteiger partial charge in [-0.05, 0) is 30.7 Å². The first kappa shape index (κ1) is 18.9. The highest BCUT2D eigenvalue weighted by Gasteiger charge is 2.24. The van der Waals surface area contributed by atoms with Crippen LogP contribution in [0, 0.1) is 6.92 Å². The molecule has 0 fully saturated rings. The number of benzene rings is 3. The van der Waals surface area contributed by atoms with E-state index in [1.807, 2.05) is 37.3 Å². The number of aryl methyl sites for hydroxylation is 1. The lowest BCUT2D eigenvalue weighted by Crippen LogP contribution is -2.13. The predicted molar refractivity (Wildman–Crippen MR) is 103 cm³/mol. The van der Waals surface area contributed by atoms with Crippen molar-refractivity contribution in [3.8, 4) is 11.5 Å². The summed E-state index contributed by atoms with van der Waals surface area (Å²) in [6.45, 7) is 2.74. The van der Waals surface area contributed by atoms with Gasteiger partial charge < -0.3 is 15.5 Å². The molecule has 5 nitrogen and oxygen atoms in total. The second-order valence-corrected chi connectivity index (χ2v) is 8.24. The van der Waals surface area contributed by atoms with Crippen molar-refractivity contribution in [2.24, 2.45) is 0 Å². The number of rotatable bonds is 6. The van der Waals surface area contributed by atoms with Crippen LogP contribution in [0.3, 0.4) is 0 Å². The van der Waals surface area contributed by atoms with Crippen molar-refractivity contribution in [1.29, 1.82) is 0 Å². The minimum Gasteiger partial charge on any atom is -0.504 e. The van der Waals surface area contributed by atoms with Gasteiger partial charge in [0.1, 0.15) is 4.90 Å². The van der Waals surface area contributed by atoms with Gasteiger partial charge in [-0.3, -0.25) is 0 Å². The molecule has 0 radical (unpaired) electrons. The van der Waals surface area contributed by atoms with Gasteiger partial charge in [-0.1, -0.05) is 54.1 Å². The van der Waals surface area contributed by atoms with Crippen LogP contribution in [0.5, 0.6) is 11.5 Å². The van der Waals surface area contributed by atoms with Crippen molar-refractivity contribution in [3.05, 3.63) is 83.4 Å². The molecule has 0 aliphatic heterocycles. The third kappa shape index (κ3) is 4.13. The molecule has 3 rings (SSSR count). The highest BCUT2D eigenvalue weighted by molar-refractivity contribution is 7.91. The lowest BCUT2D eigenvalue weighted by molar-refractivity contribution is 0.387. The van der Waals surface area contributed by atoms with E-state index in [0.717, 1.165) is 11.1 Å². The second kappa shape index (κ2) is 7.82. The predicted octanol–water partition coefficient (Wildman–Crippen LogP) is 3.53. The molecular weight excluding hydrogens is 362 g/mol. The molecule has 3 aromatic rings. The molecular formula is C21H21NO4S. The first-order valence-corrected chi connectivity index (χ1v) is 9.98. The van der Waals surface area contributed by atoms with E-state index in [1.165, 1.54) is 24.3 Å². The average Bonchev–Trinajstić information content (AvgIpc) is 2.66. The summed E-state index contributed by atoms with van der Waals surface area (Å²) < 4.78 is 25.5. The van der Waals surface area contributed by atoms with Crippen LogP contribution in [0.4, 0.5) is 0 Å². The number of hydrogen-bond acceptors (Lipinski definition) is 5. The van der Waals surface area contributed by atoms with Crippen LogP contribution in [0.2, 0.25) is 0 Å². The molecule has 3 N–H and O–H groups in total. The molecule has 0 bridgehead atoms. The molecule has 0 aromatic heterocycles. The Bertz CT molecular complexity index is 1030. The number of hydrogen-bond donors (Lipinski definition) is 3. The summed E-state index contributed by atoms with van der Waals surface area (Å²) in [5.74, 6) is -1.06. The van der Waals surface area contributed by atoms with E-state index in [4.69, 9.17) is 0 Å². The van der Waals surface area contributed by atoms with E-state index in [2.05, 4.69) is 5.32 Å². The Kier molecular flexibility index (Phi) is 5.48. The fraction of sp³-hybridized carbons (Fsp3) is 0.143. The van der Waals surface area contributed by atoms with E-state index >= 15 is 0 Å². The maximum Gasteiger partial charge on any atom is 0.210 e. The fourth-order valence-electron chi connectivity index (χ4n) is 2.74. The lowest BCUT2D eigenvalue weighted by Gasteiger charge is -2.12. The average molecular weight is 383 g/mol. The molecule has 0 atom stereocenters. The molecule has 6 heteroatoms. The van der Waals surface area contributed by atoms with Gasteiger partial charge in [0.25, 0.3) is 0 Å². The monoisotopic (exact) mass is 383 g/mol. The SMILES string of the molecule is Cc1ccc(S(=O)(=O)c2ccc(CNCc3ccccc3)c(O)c2O)cc1. The van der Waals surface area contributed by atoms with Crippen molar-refractivity contribution >= 4 is 9.84 Å². The summed E-state index contributed by atoms with van der Waals surface area (Å²) in [6.07, 6.45) is 0. The summed E-state index contributed by atoms with van der Waals surface area (Å²) in [5.41, 5.74) is 2.44. The number of aromatic hydroxyl groups is 2. The van der Waals surface area contributed by atoms with Crippen LogP contribution in [0.1, 0.15) is 16.7 Å². The molecule has 0 aliphatic carbocycles. The quantitative estimate of drug-likeness (QED) is 0.567. The van der Waals surface area contributed by atoms with Gasteiger partial charge in [-0.25, -0.2) is 8.42 Å². The summed E-state index contributed by atoms with van der Waals surface area (Å²) in [5, 5.41) is 23.7. The second-order valence-electron chi connectivity index (χ2n) is 6.33. The van der Waals surface area contributed by atoms with Crippen molar-refractivity contribution < 1.29 is 18.6 Å². The third-order valence-corrected chi connectivity index (χ3v) is 6.11. The molecule has 0 heterocycles. The molecule has 0 saturated carbocycles. The van der Waals surface area contributed by atoms with E-state index in [9.17, 15) is 18.6 Å². The normalized spacial score (nSPS) is 11.4. The van der Waals surface area contributed by atoms with Crippen LogP contribution in [-0.4, -0.2) is 18.6 Å². The molecule has 0 amide bonds. The molecule has 140 valence electrons. The van der Waals surface area contributed by atoms with Gasteiger partial charge in [0, 0.05) is 18.7 Å². The standard InChI is InChI=1S/C21H21NO4S/c1-15-7-10-18(11-8-15)27(25,26)19-12-9-17(20(23)21(19)24)14-22-13-16-5-3-2-4-6-16/h2-12,22-24H,13-14H2,1H3. The van der Waals surface area contributed by atoms with Crippen LogP contribution in [0.15, 0.2) is 76.5 Å². The summed E-state index contributed by atoms with van der Waals surface area (Å²) in [4.78, 5) is -0.242. The maximum absolute atomic E-state index is 12.7. The van der Waals surface area contributed by atoms with Crippen LogP contribution in [-0.2, 0) is 22.9 Å². The van der Waals surface area contributed by atoms with Gasteiger partial charge in [0.2, 0.25) is 9.84 Å². The highest BCUT2D eigenvalue weighted by atomic mass is 32.2. The number of sulfone groups is 1. The molecule has 3 aromatic carbocycles. The Balaban J connectivity index is 1.81. The topological polar surface area (TPSA) is 86.6 Å². The fourth-order valence-corrected chi connectivity index (χ4v) is 4.09. The Labute approximate surface area is 158 Å². The lowest BCUT2D eigenvalue weighted by atomic mass is 10.1. The Hall–Kier alpha value is -2.83. The van der Waals surface area contributed by atoms with Crippen LogP contribution in [0.25, 0.3) is 0 Å². The number of nitrogens with one attached hydrogen (secondary N) is 1. The van der Waals surface area contributed by atoms with E-state index in [-0.39, 0.29) is 9.79 Å². The maximum atomic E-state index is 12.7. The molecule has 27 heavy (non-hydrogen) atoms. The van der Waals surface area contributed by atoms with Gasteiger partial charge in [0.05, 0.1) is 4.90 Å². The highest BCUT2D eigenvalue weighted by Crippen LogP contribution is 2.38. The Morgan fingerprint density at radius 2 is 1.48 bits per heavy atom. The van der Waals surface area contributed by atoms with Crippen molar-refractivity contribution in [3.63, 3.8) is 0 Å². The zero-order chi connectivity index (χ0) is 19.4.